The van der Waals surface area contributed by atoms with Crippen molar-refractivity contribution in [2.24, 2.45) is 0 Å². The van der Waals surface area contributed by atoms with Crippen molar-refractivity contribution in [1.29, 1.82) is 0 Å². The Kier molecular flexibility index (Phi) is 1.58. The molecule has 0 aliphatic rings. The van der Waals surface area contributed by atoms with Crippen molar-refractivity contribution in [3.05, 3.63) is 17.5 Å². The van der Waals surface area contributed by atoms with Gasteiger partial charge in [0.1, 0.15) is 5.58 Å². The van der Waals surface area contributed by atoms with Crippen LogP contribution in [-0.2, 0) is 0 Å². The fourth-order valence-electron chi connectivity index (χ4n) is 0.957. The molecule has 0 unspecified atom stereocenters. The van der Waals surface area contributed by atoms with E-state index in [0.29, 0.717) is 12.6 Å². The molecule has 0 aliphatic heterocycles. The van der Waals surface area contributed by atoms with Crippen LogP contribution in [0.2, 0.25) is 0 Å². The molecule has 0 fully saturated rings. The van der Waals surface area contributed by atoms with E-state index in [1.807, 2.05) is 24.4 Å². The second kappa shape index (κ2) is 2.58. The fraction of sp³-hybridized carbons (Fsp3) is 0.250. The van der Waals surface area contributed by atoms with E-state index in [1.54, 1.807) is 11.3 Å². The minimum Gasteiger partial charge on any atom is -0.465 e. The molecule has 2 nitrogen and oxygen atoms in total. The maximum Gasteiger partial charge on any atom is 0.286 e. The highest BCUT2D eigenvalue weighted by Crippen LogP contribution is 2.28. The van der Waals surface area contributed by atoms with Gasteiger partial charge >= 0.3 is 0 Å². The van der Waals surface area contributed by atoms with E-state index < -0.39 is 0 Å². The van der Waals surface area contributed by atoms with Crippen LogP contribution in [0.5, 0.6) is 5.95 Å². The Labute approximate surface area is 68.4 Å². The molecule has 3 heteroatoms. The van der Waals surface area contributed by atoms with E-state index in [0.717, 1.165) is 10.3 Å². The van der Waals surface area contributed by atoms with Crippen molar-refractivity contribution >= 4 is 21.6 Å². The third-order valence-electron chi connectivity index (χ3n) is 1.40. The summed E-state index contributed by atoms with van der Waals surface area (Å²) in [6.45, 7) is 2.59. The maximum atomic E-state index is 5.34. The van der Waals surface area contributed by atoms with Gasteiger partial charge < -0.3 is 9.15 Å². The third-order valence-corrected chi connectivity index (χ3v) is 2.25. The molecule has 0 aromatic carbocycles. The van der Waals surface area contributed by atoms with Crippen molar-refractivity contribution in [2.45, 2.75) is 6.92 Å². The highest BCUT2D eigenvalue weighted by atomic mass is 32.1. The van der Waals surface area contributed by atoms with Crippen LogP contribution in [0.15, 0.2) is 21.9 Å². The van der Waals surface area contributed by atoms with Gasteiger partial charge in [-0.25, -0.2) is 0 Å². The Hall–Kier alpha value is -0.960. The lowest BCUT2D eigenvalue weighted by Crippen LogP contribution is -1.87. The second-order valence-electron chi connectivity index (χ2n) is 2.15. The van der Waals surface area contributed by atoms with Gasteiger partial charge in [0.15, 0.2) is 0 Å². The summed E-state index contributed by atoms with van der Waals surface area (Å²) in [6.07, 6.45) is 0. The maximum absolute atomic E-state index is 5.34. The number of fused-ring (bicyclic) bond motifs is 1. The molecule has 2 aromatic heterocycles. The monoisotopic (exact) mass is 168 g/mol. The van der Waals surface area contributed by atoms with Crippen molar-refractivity contribution in [3.63, 3.8) is 0 Å². The van der Waals surface area contributed by atoms with Gasteiger partial charge in [-0.15, -0.1) is 11.3 Å². The normalized spacial score (nSPS) is 10.6. The molecule has 0 saturated carbocycles. The predicted octanol–water partition coefficient (Wildman–Crippen LogP) is 2.89. The summed E-state index contributed by atoms with van der Waals surface area (Å²) in [7, 11) is 0. The van der Waals surface area contributed by atoms with Crippen LogP contribution in [0.4, 0.5) is 0 Å². The van der Waals surface area contributed by atoms with E-state index in [9.17, 15) is 0 Å². The summed E-state index contributed by atoms with van der Waals surface area (Å²) in [5.74, 6) is 0.620. The van der Waals surface area contributed by atoms with Crippen LogP contribution in [0.25, 0.3) is 10.3 Å². The molecular weight excluding hydrogens is 160 g/mol. The van der Waals surface area contributed by atoms with Crippen molar-refractivity contribution in [3.8, 4) is 5.95 Å². The number of hydrogen-bond acceptors (Lipinski definition) is 3. The molecule has 0 bridgehead atoms. The van der Waals surface area contributed by atoms with E-state index in [1.165, 1.54) is 0 Å². The minimum absolute atomic E-state index is 0.620. The summed E-state index contributed by atoms with van der Waals surface area (Å²) in [5, 5.41) is 2.00. The molecule has 11 heavy (non-hydrogen) atoms. The van der Waals surface area contributed by atoms with Crippen LogP contribution >= 0.6 is 11.3 Å². The van der Waals surface area contributed by atoms with Crippen LogP contribution < -0.4 is 4.74 Å². The van der Waals surface area contributed by atoms with Gasteiger partial charge in [0, 0.05) is 6.07 Å². The summed E-state index contributed by atoms with van der Waals surface area (Å²) in [6, 6.07) is 3.87. The van der Waals surface area contributed by atoms with Gasteiger partial charge in [-0.3, -0.25) is 0 Å². The third kappa shape index (κ3) is 1.12. The lowest BCUT2D eigenvalue weighted by Gasteiger charge is -1.93. The van der Waals surface area contributed by atoms with Crippen molar-refractivity contribution < 1.29 is 9.15 Å². The zero-order chi connectivity index (χ0) is 7.68. The first-order valence-corrected chi connectivity index (χ1v) is 4.38. The van der Waals surface area contributed by atoms with Gasteiger partial charge in [0.25, 0.3) is 5.95 Å². The molecule has 2 rings (SSSR count). The van der Waals surface area contributed by atoms with Gasteiger partial charge in [-0.1, -0.05) is 0 Å². The Morgan fingerprint density at radius 1 is 1.64 bits per heavy atom. The van der Waals surface area contributed by atoms with Gasteiger partial charge in [0.05, 0.1) is 11.3 Å². The first-order valence-electron chi connectivity index (χ1n) is 3.50. The topological polar surface area (TPSA) is 22.4 Å². The molecule has 0 radical (unpaired) electrons. The Balaban J connectivity index is 2.42. The van der Waals surface area contributed by atoms with E-state index in [2.05, 4.69) is 0 Å². The zero-order valence-electron chi connectivity index (χ0n) is 6.16. The summed E-state index contributed by atoms with van der Waals surface area (Å²) in [4.78, 5) is 0. The summed E-state index contributed by atoms with van der Waals surface area (Å²) < 4.78 is 11.7. The fourth-order valence-corrected chi connectivity index (χ4v) is 1.69. The number of hydrogen-bond donors (Lipinski definition) is 0. The first-order chi connectivity index (χ1) is 5.40. The summed E-state index contributed by atoms with van der Waals surface area (Å²) >= 11 is 1.66. The number of thiophene rings is 1. The molecule has 0 spiro atoms. The Bertz CT molecular complexity index is 319. The molecule has 2 heterocycles. The average molecular weight is 168 g/mol. The highest BCUT2D eigenvalue weighted by molar-refractivity contribution is 7.17. The zero-order valence-corrected chi connectivity index (χ0v) is 6.98. The second-order valence-corrected chi connectivity index (χ2v) is 3.10. The molecule has 0 aliphatic carbocycles. The van der Waals surface area contributed by atoms with Crippen LogP contribution in [0.3, 0.4) is 0 Å². The quantitative estimate of drug-likeness (QED) is 0.688. The standard InChI is InChI=1S/C8H8O2S/c1-2-9-8-5-7-6(10-8)3-4-11-7/h3-5H,2H2,1H3. The number of furan rings is 1. The van der Waals surface area contributed by atoms with Crippen molar-refractivity contribution in [1.82, 2.24) is 0 Å². The largest absolute Gasteiger partial charge is 0.465 e. The van der Waals surface area contributed by atoms with E-state index >= 15 is 0 Å². The Morgan fingerprint density at radius 2 is 2.55 bits per heavy atom. The summed E-state index contributed by atoms with van der Waals surface area (Å²) in [5.41, 5.74) is 0.915. The van der Waals surface area contributed by atoms with Gasteiger partial charge in [-0.05, 0) is 18.4 Å². The molecule has 0 saturated heterocycles. The predicted molar refractivity (Wildman–Crippen MR) is 45.3 cm³/mol. The minimum atomic E-state index is 0.620. The van der Waals surface area contributed by atoms with Crippen molar-refractivity contribution in [2.75, 3.05) is 6.61 Å². The molecule has 0 amide bonds. The molecule has 0 N–H and O–H groups in total. The SMILES string of the molecule is CCOc1cc2sccc2o1. The van der Waals surface area contributed by atoms with Gasteiger partial charge in [-0.2, -0.15) is 0 Å². The lowest BCUT2D eigenvalue weighted by atomic mass is 10.5. The number of ether oxygens (including phenoxy) is 1. The first kappa shape index (κ1) is 6.73. The molecule has 2 aromatic rings. The van der Waals surface area contributed by atoms with Crippen LogP contribution in [-0.4, -0.2) is 6.61 Å². The molecule has 0 atom stereocenters. The van der Waals surface area contributed by atoms with Crippen LogP contribution in [0.1, 0.15) is 6.92 Å². The number of rotatable bonds is 2. The van der Waals surface area contributed by atoms with E-state index in [-0.39, 0.29) is 0 Å². The van der Waals surface area contributed by atoms with E-state index in [4.69, 9.17) is 9.15 Å². The van der Waals surface area contributed by atoms with Gasteiger partial charge in [0.2, 0.25) is 0 Å². The average Bonchev–Trinajstić information content (AvgIpc) is 2.46. The Morgan fingerprint density at radius 3 is 3.27 bits per heavy atom. The molecular formula is C8H8O2S. The highest BCUT2D eigenvalue weighted by Gasteiger charge is 2.03. The lowest BCUT2D eigenvalue weighted by molar-refractivity contribution is 0.265. The van der Waals surface area contributed by atoms with Crippen LogP contribution in [0, 0.1) is 0 Å². The smallest absolute Gasteiger partial charge is 0.286 e. The molecule has 58 valence electrons.